The minimum Gasteiger partial charge on any atom is -0.375 e. The zero-order chi connectivity index (χ0) is 15.2. The van der Waals surface area contributed by atoms with Crippen LogP contribution >= 0.6 is 0 Å². The van der Waals surface area contributed by atoms with Crippen molar-refractivity contribution in [1.29, 1.82) is 0 Å². The maximum absolute atomic E-state index is 12.8. The van der Waals surface area contributed by atoms with E-state index in [0.717, 1.165) is 11.1 Å². The molecule has 4 heteroatoms. The summed E-state index contributed by atoms with van der Waals surface area (Å²) >= 11 is 0. The van der Waals surface area contributed by atoms with Gasteiger partial charge in [-0.05, 0) is 42.3 Å². The molecular formula is C17H18FNO2. The number of nitrogens with one attached hydrogen (secondary N) is 1. The van der Waals surface area contributed by atoms with Gasteiger partial charge in [-0.2, -0.15) is 0 Å². The van der Waals surface area contributed by atoms with Gasteiger partial charge in [-0.25, -0.2) is 4.39 Å². The summed E-state index contributed by atoms with van der Waals surface area (Å²) in [4.78, 5) is 12.0. The molecule has 0 heterocycles. The molecule has 0 fully saturated rings. The van der Waals surface area contributed by atoms with Gasteiger partial charge in [-0.3, -0.25) is 4.79 Å². The monoisotopic (exact) mass is 287 g/mol. The van der Waals surface area contributed by atoms with E-state index < -0.39 is 0 Å². The summed E-state index contributed by atoms with van der Waals surface area (Å²) in [5.74, 6) is -0.605. The van der Waals surface area contributed by atoms with Crippen LogP contribution in [0.5, 0.6) is 0 Å². The molecule has 0 unspecified atom stereocenters. The lowest BCUT2D eigenvalue weighted by Crippen LogP contribution is -2.29. The minimum absolute atomic E-state index is 0.212. The quantitative estimate of drug-likeness (QED) is 0.916. The highest BCUT2D eigenvalue weighted by atomic mass is 19.1. The fraction of sp³-hybridized carbons (Fsp3) is 0.235. The highest BCUT2D eigenvalue weighted by Gasteiger charge is 2.14. The fourth-order valence-electron chi connectivity index (χ4n) is 2.16. The Hall–Kier alpha value is -2.20. The Balaban J connectivity index is 2.02. The number of methoxy groups -OCH3 is 1. The first-order chi connectivity index (χ1) is 10.1. The molecule has 0 bridgehead atoms. The normalized spacial score (nSPS) is 12.0. The molecule has 0 aromatic heterocycles. The van der Waals surface area contributed by atoms with E-state index in [1.165, 1.54) is 24.3 Å². The number of hydrogen-bond donors (Lipinski definition) is 1. The van der Waals surface area contributed by atoms with Crippen molar-refractivity contribution in [3.63, 3.8) is 0 Å². The zero-order valence-electron chi connectivity index (χ0n) is 12.1. The molecule has 3 nitrogen and oxygen atoms in total. The Morgan fingerprint density at radius 1 is 1.19 bits per heavy atom. The number of ether oxygens (including phenoxy) is 1. The molecule has 0 spiro atoms. The van der Waals surface area contributed by atoms with Crippen LogP contribution in [0.2, 0.25) is 0 Å². The number of benzene rings is 2. The van der Waals surface area contributed by atoms with Gasteiger partial charge in [0.1, 0.15) is 5.82 Å². The smallest absolute Gasteiger partial charge is 0.251 e. The Kier molecular flexibility index (Phi) is 5.06. The van der Waals surface area contributed by atoms with Crippen LogP contribution < -0.4 is 5.32 Å². The van der Waals surface area contributed by atoms with Crippen molar-refractivity contribution >= 4 is 5.91 Å². The first-order valence-electron chi connectivity index (χ1n) is 6.74. The van der Waals surface area contributed by atoms with Gasteiger partial charge < -0.3 is 10.1 Å². The van der Waals surface area contributed by atoms with Gasteiger partial charge in [0, 0.05) is 19.2 Å². The average molecular weight is 287 g/mol. The second-order valence-corrected chi connectivity index (χ2v) is 4.80. The predicted molar refractivity (Wildman–Crippen MR) is 79.7 cm³/mol. The summed E-state index contributed by atoms with van der Waals surface area (Å²) in [6, 6.07) is 13.3. The number of rotatable bonds is 5. The molecular weight excluding hydrogens is 269 g/mol. The summed E-state index contributed by atoms with van der Waals surface area (Å²) in [6.45, 7) is 2.36. The number of hydrogen-bond acceptors (Lipinski definition) is 2. The molecule has 2 aromatic carbocycles. The van der Waals surface area contributed by atoms with Crippen LogP contribution in [0.1, 0.15) is 27.6 Å². The standard InChI is InChI=1S/C17H18FNO2/c1-12-5-3-4-6-15(12)16(21-2)11-19-17(20)13-7-9-14(18)10-8-13/h3-10,16H,11H2,1-2H3,(H,19,20)/t16-/m1/s1. The second kappa shape index (κ2) is 6.99. The lowest BCUT2D eigenvalue weighted by Gasteiger charge is -2.18. The molecule has 110 valence electrons. The summed E-state index contributed by atoms with van der Waals surface area (Å²) in [6.07, 6.45) is -0.212. The Morgan fingerprint density at radius 3 is 2.48 bits per heavy atom. The first-order valence-corrected chi connectivity index (χ1v) is 6.74. The second-order valence-electron chi connectivity index (χ2n) is 4.80. The average Bonchev–Trinajstić information content (AvgIpc) is 2.50. The molecule has 1 N–H and O–H groups in total. The van der Waals surface area contributed by atoms with Crippen molar-refractivity contribution in [2.45, 2.75) is 13.0 Å². The third-order valence-corrected chi connectivity index (χ3v) is 3.37. The van der Waals surface area contributed by atoms with Crippen LogP contribution in [0.3, 0.4) is 0 Å². The van der Waals surface area contributed by atoms with Crippen molar-refractivity contribution in [3.8, 4) is 0 Å². The Labute approximate surface area is 123 Å². The van der Waals surface area contributed by atoms with Crippen molar-refractivity contribution < 1.29 is 13.9 Å². The van der Waals surface area contributed by atoms with Gasteiger partial charge in [-0.15, -0.1) is 0 Å². The molecule has 0 radical (unpaired) electrons. The van der Waals surface area contributed by atoms with Gasteiger partial charge in [-0.1, -0.05) is 24.3 Å². The van der Waals surface area contributed by atoms with Crippen molar-refractivity contribution in [2.75, 3.05) is 13.7 Å². The molecule has 1 amide bonds. The third kappa shape index (κ3) is 3.89. The number of amides is 1. The summed E-state index contributed by atoms with van der Waals surface area (Å²) in [5, 5.41) is 2.81. The van der Waals surface area contributed by atoms with Gasteiger partial charge in [0.25, 0.3) is 5.91 Å². The number of carbonyl (C=O) groups is 1. The van der Waals surface area contributed by atoms with Crippen molar-refractivity contribution in [1.82, 2.24) is 5.32 Å². The van der Waals surface area contributed by atoms with E-state index in [1.54, 1.807) is 7.11 Å². The van der Waals surface area contributed by atoms with Crippen molar-refractivity contribution in [3.05, 3.63) is 71.0 Å². The van der Waals surface area contributed by atoms with E-state index in [4.69, 9.17) is 4.74 Å². The highest BCUT2D eigenvalue weighted by molar-refractivity contribution is 5.94. The van der Waals surface area contributed by atoms with Crippen LogP contribution in [0.4, 0.5) is 4.39 Å². The molecule has 0 aliphatic heterocycles. The summed E-state index contributed by atoms with van der Waals surface area (Å²) in [7, 11) is 1.61. The van der Waals surface area contributed by atoms with Gasteiger partial charge >= 0.3 is 0 Å². The minimum atomic E-state index is -0.360. The molecule has 0 saturated heterocycles. The van der Waals surface area contributed by atoms with E-state index in [9.17, 15) is 9.18 Å². The largest absolute Gasteiger partial charge is 0.375 e. The van der Waals surface area contributed by atoms with Crippen LogP contribution in [-0.4, -0.2) is 19.6 Å². The summed E-state index contributed by atoms with van der Waals surface area (Å²) < 4.78 is 18.3. The van der Waals surface area contributed by atoms with E-state index in [2.05, 4.69) is 5.32 Å². The Morgan fingerprint density at radius 2 is 1.86 bits per heavy atom. The molecule has 1 atom stereocenters. The number of halogens is 1. The molecule has 0 saturated carbocycles. The van der Waals surface area contributed by atoms with Gasteiger partial charge in [0.2, 0.25) is 0 Å². The first kappa shape index (κ1) is 15.2. The van der Waals surface area contributed by atoms with Gasteiger partial charge in [0.05, 0.1) is 6.10 Å². The maximum Gasteiger partial charge on any atom is 0.251 e. The molecule has 2 rings (SSSR count). The van der Waals surface area contributed by atoms with E-state index in [-0.39, 0.29) is 17.8 Å². The van der Waals surface area contributed by atoms with Gasteiger partial charge in [0.15, 0.2) is 0 Å². The summed E-state index contributed by atoms with van der Waals surface area (Å²) in [5.41, 5.74) is 2.58. The fourth-order valence-corrected chi connectivity index (χ4v) is 2.16. The topological polar surface area (TPSA) is 38.3 Å². The molecule has 2 aromatic rings. The van der Waals surface area contributed by atoms with E-state index >= 15 is 0 Å². The zero-order valence-corrected chi connectivity index (χ0v) is 12.1. The van der Waals surface area contributed by atoms with Crippen molar-refractivity contribution in [2.24, 2.45) is 0 Å². The Bertz CT molecular complexity index is 610. The van der Waals surface area contributed by atoms with E-state index in [0.29, 0.717) is 12.1 Å². The van der Waals surface area contributed by atoms with Crippen LogP contribution in [0, 0.1) is 12.7 Å². The van der Waals surface area contributed by atoms with Crippen LogP contribution in [-0.2, 0) is 4.74 Å². The SMILES string of the molecule is CO[C@H](CNC(=O)c1ccc(F)cc1)c1ccccc1C. The van der Waals surface area contributed by atoms with E-state index in [1.807, 2.05) is 31.2 Å². The molecule has 21 heavy (non-hydrogen) atoms. The number of aryl methyl sites for hydroxylation is 1. The third-order valence-electron chi connectivity index (χ3n) is 3.37. The van der Waals surface area contributed by atoms with Crippen LogP contribution in [0.25, 0.3) is 0 Å². The molecule has 0 aliphatic carbocycles. The number of carbonyl (C=O) groups excluding carboxylic acids is 1. The molecule has 0 aliphatic rings. The predicted octanol–water partition coefficient (Wildman–Crippen LogP) is 3.25. The lowest BCUT2D eigenvalue weighted by atomic mass is 10.0. The lowest BCUT2D eigenvalue weighted by molar-refractivity contribution is 0.0826. The highest BCUT2D eigenvalue weighted by Crippen LogP contribution is 2.19. The van der Waals surface area contributed by atoms with Crippen LogP contribution in [0.15, 0.2) is 48.5 Å². The maximum atomic E-state index is 12.8.